The molecule has 0 spiro atoms. The van der Waals surface area contributed by atoms with E-state index < -0.39 is 35.4 Å². The zero-order valence-electron chi connectivity index (χ0n) is 16.0. The molecule has 0 fully saturated rings. The van der Waals surface area contributed by atoms with Gasteiger partial charge in [0.2, 0.25) is 5.82 Å². The van der Waals surface area contributed by atoms with Crippen LogP contribution in [0.4, 0.5) is 26.3 Å². The highest BCUT2D eigenvalue weighted by molar-refractivity contribution is 5.81. The Labute approximate surface area is 163 Å². The summed E-state index contributed by atoms with van der Waals surface area (Å²) in [6, 6.07) is 1.22. The minimum atomic E-state index is -4.60. The number of fused-ring (bicyclic) bond motifs is 1. The highest BCUT2D eigenvalue weighted by Gasteiger charge is 2.40. The molecule has 29 heavy (non-hydrogen) atoms. The first-order chi connectivity index (χ1) is 13.7. The standard InChI is InChI=1S/C17H15F6N3O.C2H6/c18-11-8-13(20)12(19)6-9(11)2-1-3-14(27)10-4-5-26-15(7-10)24-25-16(26)17(21,22)23;1-2/h6,8,10H,1-5,7H2;1-2H3. The van der Waals surface area contributed by atoms with Gasteiger partial charge >= 0.3 is 6.18 Å². The van der Waals surface area contributed by atoms with E-state index in [4.69, 9.17) is 0 Å². The van der Waals surface area contributed by atoms with Crippen molar-refractivity contribution in [3.8, 4) is 0 Å². The zero-order valence-corrected chi connectivity index (χ0v) is 16.0. The zero-order chi connectivity index (χ0) is 21.8. The van der Waals surface area contributed by atoms with Gasteiger partial charge in [-0.15, -0.1) is 10.2 Å². The maximum atomic E-state index is 13.6. The number of hydrogen-bond donors (Lipinski definition) is 0. The Bertz CT molecular complexity index is 862. The largest absolute Gasteiger partial charge is 0.451 e. The monoisotopic (exact) mass is 421 g/mol. The lowest BCUT2D eigenvalue weighted by Crippen LogP contribution is -2.28. The fourth-order valence-corrected chi connectivity index (χ4v) is 3.23. The summed E-state index contributed by atoms with van der Waals surface area (Å²) in [5.41, 5.74) is -0.0279. The van der Waals surface area contributed by atoms with E-state index in [9.17, 15) is 31.1 Å². The van der Waals surface area contributed by atoms with Crippen LogP contribution in [0, 0.1) is 23.4 Å². The van der Waals surface area contributed by atoms with Crippen molar-refractivity contribution in [2.24, 2.45) is 5.92 Å². The molecule has 0 radical (unpaired) electrons. The van der Waals surface area contributed by atoms with Crippen molar-refractivity contribution in [1.82, 2.24) is 14.8 Å². The summed E-state index contributed by atoms with van der Waals surface area (Å²) < 4.78 is 79.0. The summed E-state index contributed by atoms with van der Waals surface area (Å²) in [5, 5.41) is 6.69. The lowest BCUT2D eigenvalue weighted by atomic mass is 9.90. The molecule has 10 heteroatoms. The van der Waals surface area contributed by atoms with Gasteiger partial charge in [-0.1, -0.05) is 13.8 Å². The number of benzene rings is 1. The molecule has 1 aliphatic rings. The maximum Gasteiger partial charge on any atom is 0.451 e. The number of aromatic nitrogens is 3. The topological polar surface area (TPSA) is 47.8 Å². The highest BCUT2D eigenvalue weighted by atomic mass is 19.4. The van der Waals surface area contributed by atoms with Gasteiger partial charge < -0.3 is 4.57 Å². The number of hydrogen-bond acceptors (Lipinski definition) is 3. The van der Waals surface area contributed by atoms with Crippen LogP contribution in [0.2, 0.25) is 0 Å². The second kappa shape index (κ2) is 9.41. The molecule has 0 saturated carbocycles. The van der Waals surface area contributed by atoms with Crippen molar-refractivity contribution in [2.45, 2.75) is 58.7 Å². The molecule has 2 aromatic rings. The van der Waals surface area contributed by atoms with Crippen molar-refractivity contribution in [1.29, 1.82) is 0 Å². The molecule has 0 N–H and O–H groups in total. The number of ketones is 1. The van der Waals surface area contributed by atoms with E-state index in [1.54, 1.807) is 0 Å². The van der Waals surface area contributed by atoms with Crippen LogP contribution in [0.3, 0.4) is 0 Å². The molecular formula is C19H21F6N3O. The van der Waals surface area contributed by atoms with Crippen LogP contribution in [0.15, 0.2) is 12.1 Å². The van der Waals surface area contributed by atoms with Gasteiger partial charge in [0.05, 0.1) is 0 Å². The van der Waals surface area contributed by atoms with Crippen molar-refractivity contribution in [3.05, 3.63) is 46.8 Å². The van der Waals surface area contributed by atoms with E-state index in [2.05, 4.69) is 10.2 Å². The fraction of sp³-hybridized carbons (Fsp3) is 0.526. The molecule has 160 valence electrons. The Kier molecular flexibility index (Phi) is 7.43. The quantitative estimate of drug-likeness (QED) is 0.510. The van der Waals surface area contributed by atoms with Crippen LogP contribution in [-0.2, 0) is 30.4 Å². The van der Waals surface area contributed by atoms with Crippen molar-refractivity contribution < 1.29 is 31.1 Å². The predicted molar refractivity (Wildman–Crippen MR) is 92.4 cm³/mol. The number of alkyl halides is 3. The van der Waals surface area contributed by atoms with Gasteiger partial charge in [0.1, 0.15) is 17.4 Å². The molecule has 4 nitrogen and oxygen atoms in total. The van der Waals surface area contributed by atoms with E-state index >= 15 is 0 Å². The molecule has 0 saturated heterocycles. The van der Waals surface area contributed by atoms with Crippen LogP contribution < -0.4 is 0 Å². The van der Waals surface area contributed by atoms with Gasteiger partial charge in [0.25, 0.3) is 0 Å². The van der Waals surface area contributed by atoms with Gasteiger partial charge in [-0.3, -0.25) is 4.79 Å². The van der Waals surface area contributed by atoms with E-state index in [1.165, 1.54) is 0 Å². The molecule has 1 aromatic carbocycles. The van der Waals surface area contributed by atoms with Gasteiger partial charge in [-0.2, -0.15) is 13.2 Å². The highest BCUT2D eigenvalue weighted by Crippen LogP contribution is 2.31. The summed E-state index contributed by atoms with van der Waals surface area (Å²) in [7, 11) is 0. The second-order valence-electron chi connectivity index (χ2n) is 6.46. The maximum absolute atomic E-state index is 13.6. The average molecular weight is 421 g/mol. The van der Waals surface area contributed by atoms with Gasteiger partial charge in [0, 0.05) is 31.4 Å². The van der Waals surface area contributed by atoms with Crippen molar-refractivity contribution in [2.75, 3.05) is 0 Å². The molecule has 3 rings (SSSR count). The summed E-state index contributed by atoms with van der Waals surface area (Å²) in [6.07, 6.45) is -3.98. The van der Waals surface area contributed by atoms with Crippen LogP contribution >= 0.6 is 0 Å². The normalized spacial score (nSPS) is 16.1. The van der Waals surface area contributed by atoms with E-state index in [1.807, 2.05) is 13.8 Å². The molecular weight excluding hydrogens is 400 g/mol. The van der Waals surface area contributed by atoms with Gasteiger partial charge in [0.15, 0.2) is 11.6 Å². The van der Waals surface area contributed by atoms with E-state index in [-0.39, 0.29) is 55.8 Å². The summed E-state index contributed by atoms with van der Waals surface area (Å²) in [4.78, 5) is 12.3. The number of halogens is 6. The number of rotatable bonds is 5. The summed E-state index contributed by atoms with van der Waals surface area (Å²) in [5.74, 6) is -4.96. The second-order valence-corrected chi connectivity index (χ2v) is 6.46. The summed E-state index contributed by atoms with van der Waals surface area (Å²) >= 11 is 0. The number of carbonyl (C=O) groups is 1. The van der Waals surface area contributed by atoms with Crippen LogP contribution in [0.25, 0.3) is 0 Å². The average Bonchev–Trinajstić information content (AvgIpc) is 3.11. The number of aryl methyl sites for hydroxylation is 1. The first-order valence-electron chi connectivity index (χ1n) is 9.32. The Morgan fingerprint density at radius 3 is 2.41 bits per heavy atom. The SMILES string of the molecule is CC.O=C(CCCc1cc(F)c(F)cc1F)C1CCn2c(nnc2C(F)(F)F)C1. The predicted octanol–water partition coefficient (Wildman–Crippen LogP) is 4.89. The Morgan fingerprint density at radius 2 is 1.76 bits per heavy atom. The first-order valence-corrected chi connectivity index (χ1v) is 9.32. The fourth-order valence-electron chi connectivity index (χ4n) is 3.23. The Balaban J connectivity index is 0.00000145. The third kappa shape index (κ3) is 5.36. The number of nitrogens with zero attached hydrogens (tertiary/aromatic N) is 3. The molecule has 2 heterocycles. The molecule has 0 bridgehead atoms. The molecule has 1 aliphatic heterocycles. The molecule has 0 aliphatic carbocycles. The molecule has 0 amide bonds. The minimum absolute atomic E-state index is 0.00855. The first kappa shape index (κ1) is 22.9. The third-order valence-electron chi connectivity index (χ3n) is 4.63. The minimum Gasteiger partial charge on any atom is -0.307 e. The summed E-state index contributed by atoms with van der Waals surface area (Å²) in [6.45, 7) is 3.99. The van der Waals surface area contributed by atoms with Crippen molar-refractivity contribution >= 4 is 5.78 Å². The van der Waals surface area contributed by atoms with Crippen LogP contribution in [-0.4, -0.2) is 20.5 Å². The molecule has 1 atom stereocenters. The Morgan fingerprint density at radius 1 is 1.10 bits per heavy atom. The molecule has 1 unspecified atom stereocenters. The lowest BCUT2D eigenvalue weighted by molar-refractivity contribution is -0.147. The Hall–Kier alpha value is -2.39. The third-order valence-corrected chi connectivity index (χ3v) is 4.63. The van der Waals surface area contributed by atoms with E-state index in [0.717, 1.165) is 10.6 Å². The van der Waals surface area contributed by atoms with Gasteiger partial charge in [-0.05, 0) is 30.9 Å². The molecule has 1 aromatic heterocycles. The lowest BCUT2D eigenvalue weighted by Gasteiger charge is -2.23. The van der Waals surface area contributed by atoms with Crippen molar-refractivity contribution in [3.63, 3.8) is 0 Å². The van der Waals surface area contributed by atoms with E-state index in [0.29, 0.717) is 6.07 Å². The van der Waals surface area contributed by atoms with Crippen LogP contribution in [0.1, 0.15) is 50.3 Å². The smallest absolute Gasteiger partial charge is 0.307 e. The number of Topliss-reactive ketones (excluding diaryl/α,β-unsaturated/α-hetero) is 1. The number of carbonyl (C=O) groups excluding carboxylic acids is 1. The van der Waals surface area contributed by atoms with Crippen LogP contribution in [0.5, 0.6) is 0 Å². The van der Waals surface area contributed by atoms with Gasteiger partial charge in [-0.25, -0.2) is 13.2 Å².